The summed E-state index contributed by atoms with van der Waals surface area (Å²) in [6.45, 7) is 4.05. The molecule has 6 nitrogen and oxygen atoms in total. The van der Waals surface area contributed by atoms with Crippen molar-refractivity contribution in [3.8, 4) is 5.75 Å². The van der Waals surface area contributed by atoms with Crippen molar-refractivity contribution >= 4 is 17.5 Å². The fourth-order valence-corrected chi connectivity index (χ4v) is 2.91. The molecule has 1 aliphatic rings. The number of hydrogen-bond acceptors (Lipinski definition) is 4. The summed E-state index contributed by atoms with van der Waals surface area (Å²) in [5.74, 6) is 0.256. The first-order valence-electron chi connectivity index (χ1n) is 9.17. The molecule has 0 spiro atoms. The zero-order valence-electron chi connectivity index (χ0n) is 15.4. The predicted octanol–water partition coefficient (Wildman–Crippen LogP) is 2.96. The molecule has 0 aliphatic carbocycles. The molecule has 1 atom stereocenters. The minimum Gasteiger partial charge on any atom is -0.481 e. The molecule has 1 saturated heterocycles. The summed E-state index contributed by atoms with van der Waals surface area (Å²) in [6.07, 6.45) is -0.126. The van der Waals surface area contributed by atoms with Gasteiger partial charge in [0.1, 0.15) is 5.75 Å². The fraction of sp³-hybridized carbons (Fsp3) is 0.333. The van der Waals surface area contributed by atoms with Gasteiger partial charge in [0.2, 0.25) is 0 Å². The van der Waals surface area contributed by atoms with Crippen molar-refractivity contribution in [2.45, 2.75) is 19.4 Å². The molecule has 0 unspecified atom stereocenters. The van der Waals surface area contributed by atoms with Gasteiger partial charge in [-0.15, -0.1) is 0 Å². The Kier molecular flexibility index (Phi) is 6.44. The van der Waals surface area contributed by atoms with Crippen molar-refractivity contribution < 1.29 is 19.1 Å². The molecule has 0 saturated carbocycles. The summed E-state index contributed by atoms with van der Waals surface area (Å²) < 4.78 is 11.1. The van der Waals surface area contributed by atoms with E-state index in [1.54, 1.807) is 29.2 Å². The maximum atomic E-state index is 12.8. The first-order chi connectivity index (χ1) is 13.2. The van der Waals surface area contributed by atoms with Crippen molar-refractivity contribution in [1.82, 2.24) is 4.90 Å². The lowest BCUT2D eigenvalue weighted by Crippen LogP contribution is -2.41. The molecule has 1 fully saturated rings. The smallest absolute Gasteiger partial charge is 0.265 e. The van der Waals surface area contributed by atoms with Gasteiger partial charge < -0.3 is 19.7 Å². The maximum absolute atomic E-state index is 12.8. The van der Waals surface area contributed by atoms with E-state index in [1.165, 1.54) is 0 Å². The number of nitrogens with zero attached hydrogens (tertiary/aromatic N) is 1. The van der Waals surface area contributed by atoms with Crippen LogP contribution in [0.15, 0.2) is 54.6 Å². The fourth-order valence-electron chi connectivity index (χ4n) is 2.91. The molecule has 3 rings (SSSR count). The van der Waals surface area contributed by atoms with Crippen molar-refractivity contribution in [1.29, 1.82) is 0 Å². The Hall–Kier alpha value is -2.86. The van der Waals surface area contributed by atoms with E-state index in [0.29, 0.717) is 49.7 Å². The highest BCUT2D eigenvalue weighted by Crippen LogP contribution is 2.20. The largest absolute Gasteiger partial charge is 0.481 e. The van der Waals surface area contributed by atoms with E-state index in [2.05, 4.69) is 5.32 Å². The number of carbonyl (C=O) groups is 2. The van der Waals surface area contributed by atoms with Crippen LogP contribution in [-0.4, -0.2) is 49.1 Å². The van der Waals surface area contributed by atoms with Gasteiger partial charge in [0.15, 0.2) is 6.10 Å². The minimum atomic E-state index is -0.640. The summed E-state index contributed by atoms with van der Waals surface area (Å²) in [5, 5.41) is 2.86. The second kappa shape index (κ2) is 9.19. The number of ether oxygens (including phenoxy) is 2. The molecular weight excluding hydrogens is 344 g/mol. The molecular formula is C21H24N2O4. The van der Waals surface area contributed by atoms with Crippen LogP contribution in [-0.2, 0) is 9.53 Å². The number of para-hydroxylation sites is 2. The summed E-state index contributed by atoms with van der Waals surface area (Å²) in [7, 11) is 0. The number of benzene rings is 2. The van der Waals surface area contributed by atoms with E-state index in [9.17, 15) is 9.59 Å². The van der Waals surface area contributed by atoms with Crippen molar-refractivity contribution in [2.75, 3.05) is 31.6 Å². The zero-order valence-corrected chi connectivity index (χ0v) is 15.4. The van der Waals surface area contributed by atoms with Crippen LogP contribution in [0.25, 0.3) is 0 Å². The number of hydrogen-bond donors (Lipinski definition) is 1. The summed E-state index contributed by atoms with van der Waals surface area (Å²) in [5.41, 5.74) is 0.969. The first kappa shape index (κ1) is 18.9. The number of carbonyl (C=O) groups excluding carboxylic acids is 2. The van der Waals surface area contributed by atoms with Gasteiger partial charge in [-0.1, -0.05) is 37.3 Å². The summed E-state index contributed by atoms with van der Waals surface area (Å²) in [6, 6.07) is 16.3. The molecule has 0 radical (unpaired) electrons. The third-order valence-corrected chi connectivity index (χ3v) is 4.40. The average molecular weight is 368 g/mol. The number of morpholine rings is 1. The lowest BCUT2D eigenvalue weighted by Gasteiger charge is -2.27. The molecule has 2 amide bonds. The molecule has 0 aromatic heterocycles. The second-order valence-corrected chi connectivity index (χ2v) is 6.27. The Morgan fingerprint density at radius 2 is 1.74 bits per heavy atom. The molecule has 1 N–H and O–H groups in total. The summed E-state index contributed by atoms with van der Waals surface area (Å²) in [4.78, 5) is 27.3. The lowest BCUT2D eigenvalue weighted by atomic mass is 10.1. The van der Waals surface area contributed by atoms with Crippen LogP contribution in [0.5, 0.6) is 5.75 Å². The molecule has 27 heavy (non-hydrogen) atoms. The number of rotatable bonds is 6. The van der Waals surface area contributed by atoms with E-state index in [-0.39, 0.29) is 11.8 Å². The first-order valence-corrected chi connectivity index (χ1v) is 9.17. The van der Waals surface area contributed by atoms with Gasteiger partial charge in [0.25, 0.3) is 11.8 Å². The standard InChI is InChI=1S/C21H24N2O4/c1-2-19(27-16-8-4-3-5-9-16)20(24)22-18-11-7-6-10-17(18)21(25)23-12-14-26-15-13-23/h3-11,19H,2,12-15H2,1H3,(H,22,24)/t19-/m1/s1. The Morgan fingerprint density at radius 3 is 2.44 bits per heavy atom. The molecule has 6 heteroatoms. The van der Waals surface area contributed by atoms with E-state index in [1.807, 2.05) is 37.3 Å². The molecule has 142 valence electrons. The minimum absolute atomic E-state index is 0.105. The van der Waals surface area contributed by atoms with E-state index < -0.39 is 6.10 Å². The highest BCUT2D eigenvalue weighted by atomic mass is 16.5. The van der Waals surface area contributed by atoms with Crippen LogP contribution in [0.4, 0.5) is 5.69 Å². The van der Waals surface area contributed by atoms with Gasteiger partial charge in [-0.25, -0.2) is 0 Å². The van der Waals surface area contributed by atoms with Crippen molar-refractivity contribution in [3.05, 3.63) is 60.2 Å². The van der Waals surface area contributed by atoms with Gasteiger partial charge in [0.05, 0.1) is 24.5 Å². The van der Waals surface area contributed by atoms with Gasteiger partial charge in [-0.3, -0.25) is 9.59 Å². The Balaban J connectivity index is 1.72. The summed E-state index contributed by atoms with van der Waals surface area (Å²) >= 11 is 0. The van der Waals surface area contributed by atoms with E-state index >= 15 is 0 Å². The molecule has 2 aromatic carbocycles. The van der Waals surface area contributed by atoms with Crippen molar-refractivity contribution in [2.24, 2.45) is 0 Å². The van der Waals surface area contributed by atoms with Crippen LogP contribution < -0.4 is 10.1 Å². The van der Waals surface area contributed by atoms with Gasteiger partial charge >= 0.3 is 0 Å². The van der Waals surface area contributed by atoms with Crippen molar-refractivity contribution in [3.63, 3.8) is 0 Å². The topological polar surface area (TPSA) is 67.9 Å². The molecule has 1 aliphatic heterocycles. The normalized spacial score (nSPS) is 15.1. The van der Waals surface area contributed by atoms with E-state index in [0.717, 1.165) is 0 Å². The van der Waals surface area contributed by atoms with Crippen LogP contribution in [0, 0.1) is 0 Å². The monoisotopic (exact) mass is 368 g/mol. The molecule has 2 aromatic rings. The number of nitrogens with one attached hydrogen (secondary N) is 1. The quantitative estimate of drug-likeness (QED) is 0.851. The Labute approximate surface area is 159 Å². The van der Waals surface area contributed by atoms with Gasteiger partial charge in [-0.2, -0.15) is 0 Å². The van der Waals surface area contributed by atoms with Crippen LogP contribution in [0.2, 0.25) is 0 Å². The van der Waals surface area contributed by atoms with E-state index in [4.69, 9.17) is 9.47 Å². The maximum Gasteiger partial charge on any atom is 0.265 e. The Morgan fingerprint density at radius 1 is 1.07 bits per heavy atom. The third kappa shape index (κ3) is 4.86. The lowest BCUT2D eigenvalue weighted by molar-refractivity contribution is -0.122. The number of anilines is 1. The van der Waals surface area contributed by atoms with Crippen LogP contribution in [0.3, 0.4) is 0 Å². The van der Waals surface area contributed by atoms with Crippen LogP contribution in [0.1, 0.15) is 23.7 Å². The highest BCUT2D eigenvalue weighted by molar-refractivity contribution is 6.04. The van der Waals surface area contributed by atoms with Crippen LogP contribution >= 0.6 is 0 Å². The number of amides is 2. The van der Waals surface area contributed by atoms with Gasteiger partial charge in [0, 0.05) is 13.1 Å². The molecule has 1 heterocycles. The zero-order chi connectivity index (χ0) is 19.1. The molecule has 0 bridgehead atoms. The third-order valence-electron chi connectivity index (χ3n) is 4.40. The SMILES string of the molecule is CC[C@@H](Oc1ccccc1)C(=O)Nc1ccccc1C(=O)N1CCOCC1. The van der Waals surface area contributed by atoms with Gasteiger partial charge in [-0.05, 0) is 30.7 Å². The average Bonchev–Trinajstić information content (AvgIpc) is 2.73. The predicted molar refractivity (Wildman–Crippen MR) is 103 cm³/mol. The highest BCUT2D eigenvalue weighted by Gasteiger charge is 2.24. The Bertz CT molecular complexity index is 773. The second-order valence-electron chi connectivity index (χ2n) is 6.27.